The van der Waals surface area contributed by atoms with Crippen LogP contribution >= 0.6 is 0 Å². The molecule has 1 heterocycles. The van der Waals surface area contributed by atoms with E-state index in [0.29, 0.717) is 10.8 Å². The fraction of sp³-hybridized carbons (Fsp3) is 0.308. The molecule has 0 unspecified atom stereocenters. The zero-order valence-corrected chi connectivity index (χ0v) is 11.0. The molecule has 1 aromatic carbocycles. The van der Waals surface area contributed by atoms with Crippen LogP contribution in [0.4, 0.5) is 0 Å². The second kappa shape index (κ2) is 4.47. The molecule has 1 aliphatic rings. The van der Waals surface area contributed by atoms with E-state index in [1.165, 1.54) is 0 Å². The van der Waals surface area contributed by atoms with Crippen LogP contribution in [-0.2, 0) is 9.59 Å². The average Bonchev–Trinajstić information content (AvgIpc) is 2.61. The molecule has 1 N–H and O–H groups in total. The summed E-state index contributed by atoms with van der Waals surface area (Å²) >= 11 is 0. The minimum atomic E-state index is -0.905. The van der Waals surface area contributed by atoms with Gasteiger partial charge in [-0.2, -0.15) is 0 Å². The maximum absolute atomic E-state index is 12.2. The molecule has 0 spiro atoms. The van der Waals surface area contributed by atoms with Gasteiger partial charge in [0.25, 0.3) is 11.8 Å². The summed E-state index contributed by atoms with van der Waals surface area (Å²) in [5.41, 5.74) is 0.385. The lowest BCUT2D eigenvalue weighted by molar-refractivity contribution is -0.234. The van der Waals surface area contributed by atoms with Gasteiger partial charge < -0.3 is 0 Å². The fourth-order valence-corrected chi connectivity index (χ4v) is 1.89. The van der Waals surface area contributed by atoms with Crippen LogP contribution in [0.5, 0.6) is 0 Å². The van der Waals surface area contributed by atoms with Crippen molar-refractivity contribution in [2.45, 2.75) is 20.8 Å². The first-order valence-corrected chi connectivity index (χ1v) is 5.84. The van der Waals surface area contributed by atoms with Gasteiger partial charge in [0.1, 0.15) is 0 Å². The van der Waals surface area contributed by atoms with E-state index in [2.05, 4.69) is 5.10 Å². The first kappa shape index (κ1) is 13.2. The van der Waals surface area contributed by atoms with Gasteiger partial charge >= 0.3 is 0 Å². The summed E-state index contributed by atoms with van der Waals surface area (Å²) in [4.78, 5) is 23.4. The molecule has 0 saturated heterocycles. The van der Waals surface area contributed by atoms with Crippen molar-refractivity contribution in [3.63, 3.8) is 0 Å². The smallest absolute Gasteiger partial charge is 0.271 e. The zero-order valence-electron chi connectivity index (χ0n) is 11.0. The van der Waals surface area contributed by atoms with Crippen molar-refractivity contribution >= 4 is 17.5 Å². The summed E-state index contributed by atoms with van der Waals surface area (Å²) in [6.07, 6.45) is 0. The van der Waals surface area contributed by atoms with Gasteiger partial charge in [-0.05, 0) is 19.4 Å². The third kappa shape index (κ3) is 2.10. The number of nitrogens with zero attached hydrogens (tertiary/aromatic N) is 3. The molecule has 1 aromatic rings. The number of carbonyl (C=O) groups is 2. The standard InChI is InChI=1S/C13H15N3O3/c1-9(17)16(19)15-12(18)13(2,3)11(14-15)10-7-5-4-6-8-10/h4-8,19H,1-3H3. The van der Waals surface area contributed by atoms with Crippen molar-refractivity contribution in [1.29, 1.82) is 0 Å². The molecule has 2 rings (SSSR count). The first-order chi connectivity index (χ1) is 8.85. The number of rotatable bonds is 2. The number of hydrogen-bond acceptors (Lipinski definition) is 4. The lowest BCUT2D eigenvalue weighted by atomic mass is 9.84. The molecular formula is C13H15N3O3. The Kier molecular flexibility index (Phi) is 3.11. The van der Waals surface area contributed by atoms with Gasteiger partial charge in [0.15, 0.2) is 0 Å². The average molecular weight is 261 g/mol. The molecule has 0 fully saturated rings. The third-order valence-electron chi connectivity index (χ3n) is 3.01. The summed E-state index contributed by atoms with van der Waals surface area (Å²) in [5.74, 6) is -1.13. The topological polar surface area (TPSA) is 73.2 Å². The van der Waals surface area contributed by atoms with Crippen LogP contribution in [0.15, 0.2) is 35.4 Å². The molecule has 6 nitrogen and oxygen atoms in total. The van der Waals surface area contributed by atoms with E-state index in [-0.39, 0.29) is 5.17 Å². The number of hydroxylamine groups is 1. The number of benzene rings is 1. The van der Waals surface area contributed by atoms with Crippen LogP contribution in [0.25, 0.3) is 0 Å². The molecule has 0 radical (unpaired) electrons. The Hall–Kier alpha value is -2.21. The molecule has 100 valence electrons. The summed E-state index contributed by atoms with van der Waals surface area (Å²) < 4.78 is 0. The van der Waals surface area contributed by atoms with Gasteiger partial charge in [0.2, 0.25) is 0 Å². The minimum Gasteiger partial charge on any atom is -0.271 e. The molecule has 0 aliphatic carbocycles. The number of amides is 2. The molecule has 19 heavy (non-hydrogen) atoms. The van der Waals surface area contributed by atoms with Crippen LogP contribution in [-0.4, -0.2) is 33.0 Å². The minimum absolute atomic E-state index is 0.222. The first-order valence-electron chi connectivity index (χ1n) is 5.84. The number of hydrogen-bond donors (Lipinski definition) is 1. The Bertz CT molecular complexity index is 552. The van der Waals surface area contributed by atoms with Crippen LogP contribution in [0, 0.1) is 5.41 Å². The Balaban J connectivity index is 2.45. The zero-order chi connectivity index (χ0) is 14.2. The van der Waals surface area contributed by atoms with E-state index in [0.717, 1.165) is 12.5 Å². The summed E-state index contributed by atoms with van der Waals surface area (Å²) in [6, 6.07) is 9.19. The maximum atomic E-state index is 12.2. The van der Waals surface area contributed by atoms with Crippen LogP contribution in [0.2, 0.25) is 0 Å². The Morgan fingerprint density at radius 3 is 2.42 bits per heavy atom. The monoisotopic (exact) mass is 261 g/mol. The van der Waals surface area contributed by atoms with Crippen molar-refractivity contribution < 1.29 is 14.8 Å². The van der Waals surface area contributed by atoms with Crippen molar-refractivity contribution in [2.24, 2.45) is 10.5 Å². The lowest BCUT2D eigenvalue weighted by Gasteiger charge is -2.23. The van der Waals surface area contributed by atoms with Crippen LogP contribution in [0.1, 0.15) is 26.3 Å². The van der Waals surface area contributed by atoms with Gasteiger partial charge in [-0.25, -0.2) is 0 Å². The van der Waals surface area contributed by atoms with Gasteiger partial charge in [-0.1, -0.05) is 30.3 Å². The van der Waals surface area contributed by atoms with E-state index >= 15 is 0 Å². The molecule has 6 heteroatoms. The van der Waals surface area contributed by atoms with E-state index in [4.69, 9.17) is 0 Å². The lowest BCUT2D eigenvalue weighted by Crippen LogP contribution is -2.45. The highest BCUT2D eigenvalue weighted by molar-refractivity contribution is 6.19. The van der Waals surface area contributed by atoms with Gasteiger partial charge in [-0.15, -0.1) is 15.4 Å². The Labute approximate surface area is 110 Å². The fourth-order valence-electron chi connectivity index (χ4n) is 1.89. The molecule has 2 amide bonds. The van der Waals surface area contributed by atoms with Crippen LogP contribution < -0.4 is 0 Å². The highest BCUT2D eigenvalue weighted by Crippen LogP contribution is 2.32. The normalized spacial score (nSPS) is 17.4. The number of carbonyl (C=O) groups excluding carboxylic acids is 2. The molecule has 0 atom stereocenters. The number of hydrazine groups is 1. The Morgan fingerprint density at radius 1 is 1.32 bits per heavy atom. The number of hydrazone groups is 1. The highest BCUT2D eigenvalue weighted by atomic mass is 16.6. The van der Waals surface area contributed by atoms with Crippen molar-refractivity contribution in [2.75, 3.05) is 0 Å². The largest absolute Gasteiger partial charge is 0.276 e. The predicted molar refractivity (Wildman–Crippen MR) is 67.9 cm³/mol. The van der Waals surface area contributed by atoms with Gasteiger partial charge in [0, 0.05) is 6.92 Å². The highest BCUT2D eigenvalue weighted by Gasteiger charge is 2.46. The van der Waals surface area contributed by atoms with E-state index < -0.39 is 17.2 Å². The quantitative estimate of drug-likeness (QED) is 0.646. The van der Waals surface area contributed by atoms with E-state index in [1.807, 2.05) is 30.3 Å². The summed E-state index contributed by atoms with van der Waals surface area (Å²) in [6.45, 7) is 4.56. The second-order valence-electron chi connectivity index (χ2n) is 4.84. The van der Waals surface area contributed by atoms with Crippen molar-refractivity contribution in [1.82, 2.24) is 10.3 Å². The molecular weight excluding hydrogens is 246 g/mol. The van der Waals surface area contributed by atoms with E-state index in [9.17, 15) is 14.8 Å². The predicted octanol–water partition coefficient (Wildman–Crippen LogP) is 1.41. The van der Waals surface area contributed by atoms with Crippen molar-refractivity contribution in [3.05, 3.63) is 35.9 Å². The third-order valence-corrected chi connectivity index (χ3v) is 3.01. The summed E-state index contributed by atoms with van der Waals surface area (Å²) in [5, 5.41) is 14.6. The second-order valence-corrected chi connectivity index (χ2v) is 4.84. The van der Waals surface area contributed by atoms with Crippen LogP contribution in [0.3, 0.4) is 0 Å². The van der Waals surface area contributed by atoms with Crippen molar-refractivity contribution in [3.8, 4) is 0 Å². The molecule has 0 aromatic heterocycles. The molecule has 0 bridgehead atoms. The molecule has 0 saturated carbocycles. The maximum Gasteiger partial charge on any atom is 0.276 e. The van der Waals surface area contributed by atoms with E-state index in [1.54, 1.807) is 13.8 Å². The van der Waals surface area contributed by atoms with Gasteiger partial charge in [-0.3, -0.25) is 14.8 Å². The van der Waals surface area contributed by atoms with Gasteiger partial charge in [0.05, 0.1) is 11.1 Å². The summed E-state index contributed by atoms with van der Waals surface area (Å²) in [7, 11) is 0. The molecule has 1 aliphatic heterocycles. The SMILES string of the molecule is CC(=O)N(O)N1N=C(c2ccccc2)C(C)(C)C1=O. The Morgan fingerprint density at radius 2 is 1.89 bits per heavy atom.